The lowest BCUT2D eigenvalue weighted by Gasteiger charge is -2.47. The van der Waals surface area contributed by atoms with Gasteiger partial charge in [0.1, 0.15) is 0 Å². The van der Waals surface area contributed by atoms with E-state index in [9.17, 15) is 4.79 Å². The van der Waals surface area contributed by atoms with Gasteiger partial charge in [-0.15, -0.1) is 0 Å². The number of fused-ring (bicyclic) bond motifs is 1. The molecule has 0 saturated carbocycles. The highest BCUT2D eigenvalue weighted by Gasteiger charge is 2.35. The molecule has 1 aliphatic rings. The molecule has 0 spiro atoms. The molecule has 27 heavy (non-hydrogen) atoms. The number of anilines is 1. The Morgan fingerprint density at radius 1 is 1.44 bits per heavy atom. The first-order chi connectivity index (χ1) is 12.8. The van der Waals surface area contributed by atoms with Crippen LogP contribution in [0.1, 0.15) is 67.1 Å². The number of aromatic nitrogens is 1. The molecule has 2 aromatic rings. The molecule has 1 amide bonds. The van der Waals surface area contributed by atoms with Gasteiger partial charge in [0.2, 0.25) is 0 Å². The number of hydrazone groups is 1. The van der Waals surface area contributed by atoms with Crippen molar-refractivity contribution in [2.45, 2.75) is 52.5 Å². The van der Waals surface area contributed by atoms with Crippen LogP contribution in [0.5, 0.6) is 0 Å². The number of carbonyl (C=O) groups excluding carboxylic acids is 1. The minimum absolute atomic E-state index is 0.154. The van der Waals surface area contributed by atoms with Crippen molar-refractivity contribution >= 4 is 17.8 Å². The minimum Gasteiger partial charge on any atom is -0.366 e. The van der Waals surface area contributed by atoms with Crippen LogP contribution < -0.4 is 10.3 Å². The Kier molecular flexibility index (Phi) is 5.31. The predicted molar refractivity (Wildman–Crippen MR) is 111 cm³/mol. The number of rotatable bonds is 4. The Morgan fingerprint density at radius 3 is 2.89 bits per heavy atom. The molecule has 142 valence electrons. The molecule has 0 saturated heterocycles. The molecule has 1 aromatic heterocycles. The normalized spacial score (nSPS) is 18.4. The second-order valence-electron chi connectivity index (χ2n) is 7.87. The van der Waals surface area contributed by atoms with Gasteiger partial charge in [-0.25, -0.2) is 5.43 Å². The van der Waals surface area contributed by atoms with E-state index in [-0.39, 0.29) is 11.4 Å². The number of pyridine rings is 1. The highest BCUT2D eigenvalue weighted by Crippen LogP contribution is 2.43. The van der Waals surface area contributed by atoms with Crippen LogP contribution >= 0.6 is 0 Å². The molecule has 1 atom stereocenters. The third-order valence-corrected chi connectivity index (χ3v) is 5.38. The molecule has 5 nitrogen and oxygen atoms in total. The number of hydrogen-bond acceptors (Lipinski definition) is 4. The highest BCUT2D eigenvalue weighted by molar-refractivity contribution is 5.94. The quantitative estimate of drug-likeness (QED) is 0.651. The van der Waals surface area contributed by atoms with E-state index in [0.717, 1.165) is 24.1 Å². The van der Waals surface area contributed by atoms with Crippen molar-refractivity contribution in [3.8, 4) is 0 Å². The Labute approximate surface area is 161 Å². The van der Waals surface area contributed by atoms with E-state index in [1.54, 1.807) is 24.5 Å². The largest absolute Gasteiger partial charge is 0.366 e. The van der Waals surface area contributed by atoms with E-state index in [2.05, 4.69) is 67.2 Å². The number of nitrogens with one attached hydrogen (secondary N) is 1. The van der Waals surface area contributed by atoms with Gasteiger partial charge in [-0.2, -0.15) is 5.10 Å². The fourth-order valence-corrected chi connectivity index (χ4v) is 4.11. The third kappa shape index (κ3) is 3.87. The van der Waals surface area contributed by atoms with E-state index in [4.69, 9.17) is 0 Å². The molecule has 2 heterocycles. The van der Waals surface area contributed by atoms with Crippen molar-refractivity contribution in [3.63, 3.8) is 0 Å². The van der Waals surface area contributed by atoms with Crippen LogP contribution in [-0.2, 0) is 0 Å². The van der Waals surface area contributed by atoms with Crippen molar-refractivity contribution in [2.75, 3.05) is 11.4 Å². The summed E-state index contributed by atoms with van der Waals surface area (Å²) in [5.41, 5.74) is 8.07. The summed E-state index contributed by atoms with van der Waals surface area (Å²) in [6.45, 7) is 12.2. The lowest BCUT2D eigenvalue weighted by Crippen LogP contribution is -2.48. The summed E-state index contributed by atoms with van der Waals surface area (Å²) in [7, 11) is 0. The lowest BCUT2D eigenvalue weighted by molar-refractivity contribution is 0.0955. The maximum atomic E-state index is 12.1. The topological polar surface area (TPSA) is 57.6 Å². The van der Waals surface area contributed by atoms with Crippen LogP contribution in [0, 0.1) is 6.92 Å². The summed E-state index contributed by atoms with van der Waals surface area (Å²) < 4.78 is 0. The maximum absolute atomic E-state index is 12.1. The van der Waals surface area contributed by atoms with Gasteiger partial charge in [0.05, 0.1) is 11.8 Å². The van der Waals surface area contributed by atoms with E-state index >= 15 is 0 Å². The van der Waals surface area contributed by atoms with Gasteiger partial charge >= 0.3 is 0 Å². The molecule has 1 unspecified atom stereocenters. The van der Waals surface area contributed by atoms with Gasteiger partial charge in [-0.1, -0.05) is 6.92 Å². The van der Waals surface area contributed by atoms with Gasteiger partial charge in [-0.05, 0) is 81.0 Å². The van der Waals surface area contributed by atoms with Crippen LogP contribution in [0.2, 0.25) is 0 Å². The molecule has 1 aromatic carbocycles. The highest BCUT2D eigenvalue weighted by atomic mass is 16.2. The smallest absolute Gasteiger partial charge is 0.272 e. The summed E-state index contributed by atoms with van der Waals surface area (Å²) in [5.74, 6) is 0.220. The van der Waals surface area contributed by atoms with Gasteiger partial charge < -0.3 is 4.90 Å². The number of nitrogens with zero attached hydrogens (tertiary/aromatic N) is 3. The minimum atomic E-state index is -0.262. The first kappa shape index (κ1) is 19.1. The fourth-order valence-electron chi connectivity index (χ4n) is 4.11. The van der Waals surface area contributed by atoms with Gasteiger partial charge in [0.25, 0.3) is 5.91 Å². The van der Waals surface area contributed by atoms with Crippen molar-refractivity contribution in [3.05, 3.63) is 58.9 Å². The Bertz CT molecular complexity index is 858. The zero-order valence-electron chi connectivity index (χ0n) is 16.8. The fraction of sp³-hybridized carbons (Fsp3) is 0.409. The summed E-state index contributed by atoms with van der Waals surface area (Å²) >= 11 is 0. The summed E-state index contributed by atoms with van der Waals surface area (Å²) in [6.07, 6.45) is 6.01. The Hall–Kier alpha value is -2.69. The molecule has 3 rings (SSSR count). The van der Waals surface area contributed by atoms with Gasteiger partial charge in [-0.3, -0.25) is 9.78 Å². The van der Waals surface area contributed by atoms with E-state index in [1.807, 2.05) is 0 Å². The SMILES string of the molecule is CCN1c2cc(C)c(/C=N\NC(=O)c3cccnc3)cc2C(C)CC1(C)C. The monoisotopic (exact) mass is 364 g/mol. The van der Waals surface area contributed by atoms with E-state index in [1.165, 1.54) is 17.4 Å². The zero-order chi connectivity index (χ0) is 19.6. The second-order valence-corrected chi connectivity index (χ2v) is 7.87. The zero-order valence-corrected chi connectivity index (χ0v) is 16.8. The maximum Gasteiger partial charge on any atom is 0.272 e. The molecule has 1 aliphatic heterocycles. The van der Waals surface area contributed by atoms with Crippen molar-refractivity contribution in [1.29, 1.82) is 0 Å². The van der Waals surface area contributed by atoms with Crippen molar-refractivity contribution in [1.82, 2.24) is 10.4 Å². The number of amides is 1. The number of aryl methyl sites for hydroxylation is 1. The summed E-state index contributed by atoms with van der Waals surface area (Å²) in [5, 5.41) is 4.15. The first-order valence-corrected chi connectivity index (χ1v) is 9.49. The van der Waals surface area contributed by atoms with Gasteiger partial charge in [0.15, 0.2) is 0 Å². The van der Waals surface area contributed by atoms with Gasteiger partial charge in [0, 0.05) is 30.2 Å². The van der Waals surface area contributed by atoms with Crippen LogP contribution in [-0.4, -0.2) is 29.2 Å². The van der Waals surface area contributed by atoms with Crippen molar-refractivity contribution in [2.24, 2.45) is 5.10 Å². The molecule has 0 radical (unpaired) electrons. The van der Waals surface area contributed by atoms with Crippen LogP contribution in [0.3, 0.4) is 0 Å². The third-order valence-electron chi connectivity index (χ3n) is 5.38. The molecular weight excluding hydrogens is 336 g/mol. The van der Waals surface area contributed by atoms with Crippen LogP contribution in [0.25, 0.3) is 0 Å². The Balaban J connectivity index is 1.84. The summed E-state index contributed by atoms with van der Waals surface area (Å²) in [6, 6.07) is 7.91. The predicted octanol–water partition coefficient (Wildman–Crippen LogP) is 4.27. The summed E-state index contributed by atoms with van der Waals surface area (Å²) in [4.78, 5) is 18.5. The van der Waals surface area contributed by atoms with Crippen LogP contribution in [0.15, 0.2) is 41.8 Å². The molecular formula is C22H28N4O. The average Bonchev–Trinajstić information content (AvgIpc) is 2.63. The van der Waals surface area contributed by atoms with E-state index in [0.29, 0.717) is 11.5 Å². The second kappa shape index (κ2) is 7.51. The molecule has 5 heteroatoms. The number of hydrogen-bond donors (Lipinski definition) is 1. The van der Waals surface area contributed by atoms with E-state index < -0.39 is 0 Å². The van der Waals surface area contributed by atoms with Crippen molar-refractivity contribution < 1.29 is 4.79 Å². The number of carbonyl (C=O) groups is 1. The molecule has 0 bridgehead atoms. The van der Waals surface area contributed by atoms with Crippen LogP contribution in [0.4, 0.5) is 5.69 Å². The lowest BCUT2D eigenvalue weighted by atomic mass is 9.79. The molecule has 0 fully saturated rings. The molecule has 1 N–H and O–H groups in total. The average molecular weight is 364 g/mol. The Morgan fingerprint density at radius 2 is 2.22 bits per heavy atom. The number of benzene rings is 1. The standard InChI is InChI=1S/C22H28N4O/c1-6-26-20-10-15(2)18(11-19(20)16(3)12-22(26,4)5)14-24-25-21(27)17-8-7-9-23-13-17/h7-11,13-14,16H,6,12H2,1-5H3,(H,25,27)/b24-14-. The molecule has 0 aliphatic carbocycles. The first-order valence-electron chi connectivity index (χ1n) is 9.49.